The Morgan fingerprint density at radius 3 is 2.69 bits per heavy atom. The maximum Gasteiger partial charge on any atom is 0.331 e. The smallest absolute Gasteiger partial charge is 0.331 e. The molecule has 7 heteroatoms. The van der Waals surface area contributed by atoms with Crippen LogP contribution in [0.15, 0.2) is 46.9 Å². The minimum Gasteiger partial charge on any atom is -0.504 e. The number of methoxy groups -OCH3 is 1. The zero-order chi connectivity index (χ0) is 19.1. The topological polar surface area (TPSA) is 84.9 Å². The summed E-state index contributed by atoms with van der Waals surface area (Å²) >= 11 is 3.36. The molecule has 2 aromatic rings. The first-order valence-electron chi connectivity index (χ1n) is 7.67. The summed E-state index contributed by atoms with van der Waals surface area (Å²) in [6.07, 6.45) is 2.69. The van der Waals surface area contributed by atoms with E-state index in [1.54, 1.807) is 18.2 Å². The van der Waals surface area contributed by atoms with Crippen molar-refractivity contribution in [1.29, 1.82) is 0 Å². The molecule has 26 heavy (non-hydrogen) atoms. The van der Waals surface area contributed by atoms with Gasteiger partial charge in [-0.1, -0.05) is 12.1 Å². The first-order chi connectivity index (χ1) is 12.4. The maximum absolute atomic E-state index is 11.9. The highest BCUT2D eigenvalue weighted by molar-refractivity contribution is 9.10. The summed E-state index contributed by atoms with van der Waals surface area (Å²) in [4.78, 5) is 23.6. The van der Waals surface area contributed by atoms with Crippen molar-refractivity contribution in [3.8, 4) is 11.5 Å². The van der Waals surface area contributed by atoms with Crippen LogP contribution in [0.2, 0.25) is 0 Å². The Morgan fingerprint density at radius 2 is 2.00 bits per heavy atom. The molecule has 136 valence electrons. The quantitative estimate of drug-likeness (QED) is 0.551. The second-order valence-corrected chi connectivity index (χ2v) is 6.26. The van der Waals surface area contributed by atoms with Gasteiger partial charge >= 0.3 is 5.97 Å². The monoisotopic (exact) mass is 419 g/mol. The van der Waals surface area contributed by atoms with E-state index in [2.05, 4.69) is 21.2 Å². The van der Waals surface area contributed by atoms with Crippen LogP contribution in [0.25, 0.3) is 6.08 Å². The Balaban J connectivity index is 1.87. The number of benzene rings is 2. The normalized spacial score (nSPS) is 10.6. The van der Waals surface area contributed by atoms with Crippen molar-refractivity contribution in [3.05, 3.63) is 58.1 Å². The molecular formula is C19H18BrNO5. The lowest BCUT2D eigenvalue weighted by molar-refractivity contribution is -0.142. The van der Waals surface area contributed by atoms with Crippen LogP contribution in [0.4, 0.5) is 5.69 Å². The molecule has 0 heterocycles. The molecule has 0 saturated carbocycles. The number of nitrogens with one attached hydrogen (secondary N) is 1. The maximum atomic E-state index is 11.9. The number of phenolic OH excluding ortho intramolecular Hbond substituents is 1. The van der Waals surface area contributed by atoms with E-state index in [0.29, 0.717) is 17.0 Å². The molecule has 2 rings (SSSR count). The molecular weight excluding hydrogens is 402 g/mol. The number of aromatic hydroxyl groups is 1. The summed E-state index contributed by atoms with van der Waals surface area (Å²) in [7, 11) is 1.43. The van der Waals surface area contributed by atoms with Gasteiger partial charge in [0.05, 0.1) is 12.8 Å². The molecule has 1 amide bonds. The molecule has 6 nitrogen and oxygen atoms in total. The van der Waals surface area contributed by atoms with E-state index in [1.165, 1.54) is 25.3 Å². The highest BCUT2D eigenvalue weighted by Crippen LogP contribution is 2.26. The van der Waals surface area contributed by atoms with E-state index in [9.17, 15) is 14.7 Å². The number of hydrogen-bond donors (Lipinski definition) is 2. The minimum atomic E-state index is -0.657. The Hall–Kier alpha value is -2.80. The molecule has 0 radical (unpaired) electrons. The van der Waals surface area contributed by atoms with Crippen LogP contribution in [0.5, 0.6) is 11.5 Å². The lowest BCUT2D eigenvalue weighted by Gasteiger charge is -2.08. The van der Waals surface area contributed by atoms with Crippen molar-refractivity contribution in [2.75, 3.05) is 19.0 Å². The van der Waals surface area contributed by atoms with E-state index >= 15 is 0 Å². The molecule has 0 fully saturated rings. The van der Waals surface area contributed by atoms with Crippen LogP contribution in [-0.2, 0) is 14.3 Å². The first kappa shape index (κ1) is 19.5. The number of ether oxygens (including phenoxy) is 2. The van der Waals surface area contributed by atoms with Crippen molar-refractivity contribution in [2.45, 2.75) is 6.92 Å². The largest absolute Gasteiger partial charge is 0.504 e. The van der Waals surface area contributed by atoms with E-state index in [0.717, 1.165) is 10.0 Å². The number of rotatable bonds is 6. The van der Waals surface area contributed by atoms with Gasteiger partial charge in [-0.2, -0.15) is 0 Å². The fourth-order valence-corrected chi connectivity index (χ4v) is 2.65. The Kier molecular flexibility index (Phi) is 6.80. The fourth-order valence-electron chi connectivity index (χ4n) is 2.05. The van der Waals surface area contributed by atoms with Gasteiger partial charge < -0.3 is 19.9 Å². The van der Waals surface area contributed by atoms with Crippen LogP contribution < -0.4 is 10.1 Å². The fraction of sp³-hybridized carbons (Fsp3) is 0.158. The highest BCUT2D eigenvalue weighted by Gasteiger charge is 2.08. The van der Waals surface area contributed by atoms with Gasteiger partial charge in [0, 0.05) is 10.5 Å². The zero-order valence-electron chi connectivity index (χ0n) is 14.3. The molecule has 0 aliphatic carbocycles. The summed E-state index contributed by atoms with van der Waals surface area (Å²) < 4.78 is 10.6. The molecule has 0 atom stereocenters. The first-order valence-corrected chi connectivity index (χ1v) is 8.46. The molecule has 0 aliphatic rings. The number of phenols is 1. The lowest BCUT2D eigenvalue weighted by atomic mass is 10.2. The standard InChI is InChI=1S/C19H18BrNO5/c1-12-3-6-15(14(20)9-12)21-18(23)11-26-19(24)8-5-13-4-7-16(22)17(10-13)25-2/h3-10,22H,11H2,1-2H3,(H,21,23)/b8-5+. The Labute approximate surface area is 159 Å². The van der Waals surface area contributed by atoms with E-state index in [4.69, 9.17) is 9.47 Å². The number of esters is 1. The van der Waals surface area contributed by atoms with Crippen LogP contribution in [-0.4, -0.2) is 30.7 Å². The number of carbonyl (C=O) groups excluding carboxylic acids is 2. The van der Waals surface area contributed by atoms with Gasteiger partial charge in [-0.15, -0.1) is 0 Å². The average Bonchev–Trinajstić information content (AvgIpc) is 2.61. The second kappa shape index (κ2) is 9.05. The molecule has 0 spiro atoms. The molecule has 0 bridgehead atoms. The molecule has 0 saturated heterocycles. The van der Waals surface area contributed by atoms with Crippen LogP contribution in [0.1, 0.15) is 11.1 Å². The predicted octanol–water partition coefficient (Wildman–Crippen LogP) is 3.67. The minimum absolute atomic E-state index is 0.00571. The van der Waals surface area contributed by atoms with Crippen LogP contribution in [0.3, 0.4) is 0 Å². The Bertz CT molecular complexity index is 848. The molecule has 0 unspecified atom stereocenters. The van der Waals surface area contributed by atoms with Gasteiger partial charge in [0.15, 0.2) is 18.1 Å². The predicted molar refractivity (Wildman–Crippen MR) is 102 cm³/mol. The summed E-state index contributed by atoms with van der Waals surface area (Å²) in [6, 6.07) is 10.1. The third kappa shape index (κ3) is 5.63. The van der Waals surface area contributed by atoms with Crippen LogP contribution in [0, 0.1) is 6.92 Å². The molecule has 0 aromatic heterocycles. The third-order valence-corrected chi connectivity index (χ3v) is 4.02. The van der Waals surface area contributed by atoms with Crippen molar-refractivity contribution in [2.24, 2.45) is 0 Å². The lowest BCUT2D eigenvalue weighted by Crippen LogP contribution is -2.20. The summed E-state index contributed by atoms with van der Waals surface area (Å²) in [5.74, 6) is -0.799. The van der Waals surface area contributed by atoms with Crippen molar-refractivity contribution in [3.63, 3.8) is 0 Å². The van der Waals surface area contributed by atoms with E-state index in [1.807, 2.05) is 19.1 Å². The van der Waals surface area contributed by atoms with Crippen LogP contribution >= 0.6 is 15.9 Å². The third-order valence-electron chi connectivity index (χ3n) is 3.36. The second-order valence-electron chi connectivity index (χ2n) is 5.40. The van der Waals surface area contributed by atoms with Crippen molar-refractivity contribution in [1.82, 2.24) is 0 Å². The summed E-state index contributed by atoms with van der Waals surface area (Å²) in [5.41, 5.74) is 2.30. The van der Waals surface area contributed by atoms with Crippen molar-refractivity contribution >= 4 is 39.6 Å². The highest BCUT2D eigenvalue weighted by atomic mass is 79.9. The van der Waals surface area contributed by atoms with Gasteiger partial charge in [-0.3, -0.25) is 4.79 Å². The van der Waals surface area contributed by atoms with Gasteiger partial charge in [0.25, 0.3) is 5.91 Å². The van der Waals surface area contributed by atoms with Gasteiger partial charge in [0.2, 0.25) is 0 Å². The average molecular weight is 420 g/mol. The summed E-state index contributed by atoms with van der Waals surface area (Å²) in [6.45, 7) is 1.54. The van der Waals surface area contributed by atoms with E-state index in [-0.39, 0.29) is 5.75 Å². The number of hydrogen-bond acceptors (Lipinski definition) is 5. The number of carbonyl (C=O) groups is 2. The zero-order valence-corrected chi connectivity index (χ0v) is 15.9. The number of amides is 1. The Morgan fingerprint density at radius 1 is 1.23 bits per heavy atom. The number of anilines is 1. The number of aryl methyl sites for hydroxylation is 1. The molecule has 0 aliphatic heterocycles. The van der Waals surface area contributed by atoms with Gasteiger partial charge in [-0.05, 0) is 64.3 Å². The van der Waals surface area contributed by atoms with Gasteiger partial charge in [-0.25, -0.2) is 4.79 Å². The van der Waals surface area contributed by atoms with Gasteiger partial charge in [0.1, 0.15) is 0 Å². The molecule has 2 N–H and O–H groups in total. The van der Waals surface area contributed by atoms with Crippen molar-refractivity contribution < 1.29 is 24.2 Å². The number of halogens is 1. The SMILES string of the molecule is COc1cc(/C=C/C(=O)OCC(=O)Nc2ccc(C)cc2Br)ccc1O. The molecule has 2 aromatic carbocycles. The van der Waals surface area contributed by atoms with E-state index < -0.39 is 18.5 Å². The summed E-state index contributed by atoms with van der Waals surface area (Å²) in [5, 5.41) is 12.2.